The number of rotatable bonds is 5. The molecule has 0 spiro atoms. The number of hydrogen-bond acceptors (Lipinski definition) is 3. The molecule has 1 aromatic heterocycles. The van der Waals surface area contributed by atoms with Gasteiger partial charge in [-0.05, 0) is 25.3 Å². The van der Waals surface area contributed by atoms with Crippen LogP contribution >= 0.6 is 0 Å². The molecule has 2 N–H and O–H groups in total. The van der Waals surface area contributed by atoms with Crippen LogP contribution < -0.4 is 10.9 Å². The third-order valence-corrected chi connectivity index (χ3v) is 3.23. The zero-order chi connectivity index (χ0) is 12.5. The predicted octanol–water partition coefficient (Wildman–Crippen LogP) is 1.57. The van der Waals surface area contributed by atoms with Crippen LogP contribution in [-0.2, 0) is 12.0 Å². The smallest absolute Gasteiger partial charge is 0.251 e. The van der Waals surface area contributed by atoms with Gasteiger partial charge in [-0.25, -0.2) is 4.98 Å². The normalized spacial score (nSPS) is 17.4. The summed E-state index contributed by atoms with van der Waals surface area (Å²) in [7, 11) is 0. The first-order valence-corrected chi connectivity index (χ1v) is 6.31. The van der Waals surface area contributed by atoms with Crippen molar-refractivity contribution in [3.63, 3.8) is 0 Å². The fourth-order valence-electron chi connectivity index (χ4n) is 1.80. The molecule has 4 nitrogen and oxygen atoms in total. The van der Waals surface area contributed by atoms with Crippen molar-refractivity contribution >= 4 is 0 Å². The highest BCUT2D eigenvalue weighted by atomic mass is 16.1. The van der Waals surface area contributed by atoms with Gasteiger partial charge in [-0.1, -0.05) is 20.8 Å². The summed E-state index contributed by atoms with van der Waals surface area (Å²) in [6.07, 6.45) is 2.25. The number of aromatic amines is 1. The highest BCUT2D eigenvalue weighted by Gasteiger charge is 2.41. The van der Waals surface area contributed by atoms with Crippen LogP contribution in [0.5, 0.6) is 0 Å². The molecule has 94 valence electrons. The van der Waals surface area contributed by atoms with E-state index >= 15 is 0 Å². The van der Waals surface area contributed by atoms with Crippen molar-refractivity contribution in [2.24, 2.45) is 5.92 Å². The van der Waals surface area contributed by atoms with E-state index in [9.17, 15) is 4.79 Å². The Morgan fingerprint density at radius 1 is 1.53 bits per heavy atom. The highest BCUT2D eigenvalue weighted by Crippen LogP contribution is 2.45. The van der Waals surface area contributed by atoms with Crippen molar-refractivity contribution in [3.05, 3.63) is 27.9 Å². The molecule has 1 fully saturated rings. The van der Waals surface area contributed by atoms with E-state index in [4.69, 9.17) is 0 Å². The molecule has 17 heavy (non-hydrogen) atoms. The Bertz CT molecular complexity index is 446. The third kappa shape index (κ3) is 3.16. The maximum atomic E-state index is 11.6. The molecule has 1 aliphatic rings. The van der Waals surface area contributed by atoms with E-state index in [0.717, 1.165) is 30.9 Å². The van der Waals surface area contributed by atoms with Gasteiger partial charge in [-0.15, -0.1) is 0 Å². The highest BCUT2D eigenvalue weighted by molar-refractivity contribution is 5.17. The molecule has 0 saturated heterocycles. The average molecular weight is 235 g/mol. The molecule has 0 atom stereocenters. The van der Waals surface area contributed by atoms with Crippen molar-refractivity contribution in [1.82, 2.24) is 15.3 Å². The van der Waals surface area contributed by atoms with Crippen LogP contribution in [0.1, 0.15) is 45.1 Å². The minimum Gasteiger partial charge on any atom is -0.311 e. The summed E-state index contributed by atoms with van der Waals surface area (Å²) in [5.74, 6) is 1.46. The number of hydrogen-bond donors (Lipinski definition) is 2. The van der Waals surface area contributed by atoms with Gasteiger partial charge in [0, 0.05) is 18.0 Å². The molecule has 1 aromatic rings. The second-order valence-corrected chi connectivity index (χ2v) is 5.67. The molecule has 0 bridgehead atoms. The lowest BCUT2D eigenvalue weighted by Gasteiger charge is -2.10. The average Bonchev–Trinajstić information content (AvgIpc) is 2.96. The van der Waals surface area contributed by atoms with Crippen LogP contribution in [0.25, 0.3) is 0 Å². The van der Waals surface area contributed by atoms with Crippen molar-refractivity contribution in [2.75, 3.05) is 6.54 Å². The molecular weight excluding hydrogens is 214 g/mol. The lowest BCUT2D eigenvalue weighted by Crippen LogP contribution is -2.23. The molecule has 1 aliphatic carbocycles. The fraction of sp³-hybridized carbons (Fsp3) is 0.692. The first kappa shape index (κ1) is 12.3. The van der Waals surface area contributed by atoms with Gasteiger partial charge in [0.25, 0.3) is 5.56 Å². The quantitative estimate of drug-likeness (QED) is 0.814. The van der Waals surface area contributed by atoms with Gasteiger partial charge in [0.15, 0.2) is 0 Å². The lowest BCUT2D eigenvalue weighted by molar-refractivity contribution is 0.544. The Labute approximate surface area is 102 Å². The standard InChI is InChI=1S/C13H21N3O/c1-9(2)7-14-8-10-6-11(17)16-12(15-10)13(3)4-5-13/h6,9,14H,4-5,7-8H2,1-3H3,(H,15,16,17). The molecule has 2 rings (SSSR count). The molecular formula is C13H21N3O. The molecule has 0 radical (unpaired) electrons. The first-order chi connectivity index (χ1) is 7.99. The number of nitrogens with one attached hydrogen (secondary N) is 2. The third-order valence-electron chi connectivity index (χ3n) is 3.23. The van der Waals surface area contributed by atoms with Gasteiger partial charge >= 0.3 is 0 Å². The number of nitrogens with zero attached hydrogens (tertiary/aromatic N) is 1. The summed E-state index contributed by atoms with van der Waals surface area (Å²) in [5.41, 5.74) is 0.926. The van der Waals surface area contributed by atoms with E-state index in [0.29, 0.717) is 12.5 Å². The van der Waals surface area contributed by atoms with Crippen molar-refractivity contribution < 1.29 is 0 Å². The number of H-pyrrole nitrogens is 1. The molecule has 0 amide bonds. The van der Waals surface area contributed by atoms with Crippen LogP contribution in [0.4, 0.5) is 0 Å². The Morgan fingerprint density at radius 2 is 2.24 bits per heavy atom. The SMILES string of the molecule is CC(C)CNCc1cc(=O)[nH]c(C2(C)CC2)n1. The topological polar surface area (TPSA) is 57.8 Å². The van der Waals surface area contributed by atoms with Crippen LogP contribution in [0.3, 0.4) is 0 Å². The fourth-order valence-corrected chi connectivity index (χ4v) is 1.80. The summed E-state index contributed by atoms with van der Waals surface area (Å²) < 4.78 is 0. The summed E-state index contributed by atoms with van der Waals surface area (Å²) >= 11 is 0. The summed E-state index contributed by atoms with van der Waals surface area (Å²) in [5, 5.41) is 3.31. The lowest BCUT2D eigenvalue weighted by atomic mass is 10.1. The second-order valence-electron chi connectivity index (χ2n) is 5.67. The molecule has 0 aromatic carbocycles. The van der Waals surface area contributed by atoms with E-state index in [1.807, 2.05) is 0 Å². The maximum absolute atomic E-state index is 11.6. The Kier molecular flexibility index (Phi) is 3.33. The molecule has 0 aliphatic heterocycles. The van der Waals surface area contributed by atoms with Crippen molar-refractivity contribution in [3.8, 4) is 0 Å². The Morgan fingerprint density at radius 3 is 2.82 bits per heavy atom. The van der Waals surface area contributed by atoms with Gasteiger partial charge < -0.3 is 10.3 Å². The van der Waals surface area contributed by atoms with Gasteiger partial charge in [0.1, 0.15) is 5.82 Å². The van der Waals surface area contributed by atoms with Crippen molar-refractivity contribution in [2.45, 2.75) is 45.6 Å². The minimum absolute atomic E-state index is 0.0375. The largest absolute Gasteiger partial charge is 0.311 e. The summed E-state index contributed by atoms with van der Waals surface area (Å²) in [6.45, 7) is 8.09. The van der Waals surface area contributed by atoms with E-state index in [1.165, 1.54) is 0 Å². The summed E-state index contributed by atoms with van der Waals surface area (Å²) in [4.78, 5) is 19.0. The first-order valence-electron chi connectivity index (χ1n) is 6.31. The van der Waals surface area contributed by atoms with Crippen LogP contribution in [-0.4, -0.2) is 16.5 Å². The zero-order valence-electron chi connectivity index (χ0n) is 10.8. The van der Waals surface area contributed by atoms with Gasteiger partial charge in [0.05, 0.1) is 5.69 Å². The molecule has 0 unspecified atom stereocenters. The monoisotopic (exact) mass is 235 g/mol. The van der Waals surface area contributed by atoms with Crippen LogP contribution in [0, 0.1) is 5.92 Å². The van der Waals surface area contributed by atoms with E-state index in [1.54, 1.807) is 6.07 Å². The minimum atomic E-state index is -0.0375. The Hall–Kier alpha value is -1.16. The van der Waals surface area contributed by atoms with Gasteiger partial charge in [-0.3, -0.25) is 4.79 Å². The van der Waals surface area contributed by atoms with Crippen LogP contribution in [0.2, 0.25) is 0 Å². The molecule has 1 saturated carbocycles. The molecule has 4 heteroatoms. The summed E-state index contributed by atoms with van der Waals surface area (Å²) in [6, 6.07) is 1.59. The van der Waals surface area contributed by atoms with Crippen LogP contribution in [0.15, 0.2) is 10.9 Å². The maximum Gasteiger partial charge on any atom is 0.251 e. The molecule has 1 heterocycles. The number of aromatic nitrogens is 2. The predicted molar refractivity (Wildman–Crippen MR) is 68.0 cm³/mol. The zero-order valence-corrected chi connectivity index (χ0v) is 10.8. The van der Waals surface area contributed by atoms with E-state index in [-0.39, 0.29) is 11.0 Å². The van der Waals surface area contributed by atoms with Gasteiger partial charge in [-0.2, -0.15) is 0 Å². The van der Waals surface area contributed by atoms with E-state index < -0.39 is 0 Å². The van der Waals surface area contributed by atoms with Gasteiger partial charge in [0.2, 0.25) is 0 Å². The van der Waals surface area contributed by atoms with Crippen molar-refractivity contribution in [1.29, 1.82) is 0 Å². The Balaban J connectivity index is 2.07. The van der Waals surface area contributed by atoms with E-state index in [2.05, 4.69) is 36.1 Å². The second kappa shape index (κ2) is 4.61.